The Morgan fingerprint density at radius 3 is 3.05 bits per heavy atom. The largest absolute Gasteiger partial charge is 0.384 e. The summed E-state index contributed by atoms with van der Waals surface area (Å²) in [4.78, 5) is 12.2. The molecule has 0 unspecified atom stereocenters. The lowest BCUT2D eigenvalue weighted by Crippen LogP contribution is -2.27. The quantitative estimate of drug-likeness (QED) is 0.798. The van der Waals surface area contributed by atoms with Gasteiger partial charge in [-0.05, 0) is 43.2 Å². The maximum Gasteiger partial charge on any atom is 0.253 e. The lowest BCUT2D eigenvalue weighted by Gasteiger charge is -2.20. The van der Waals surface area contributed by atoms with Crippen LogP contribution in [0.15, 0.2) is 18.2 Å². The van der Waals surface area contributed by atoms with Crippen LogP contribution in [0.1, 0.15) is 49.0 Å². The second kappa shape index (κ2) is 6.60. The summed E-state index contributed by atoms with van der Waals surface area (Å²) in [6.45, 7) is 6.14. The molecule has 3 nitrogen and oxygen atoms in total. The van der Waals surface area contributed by atoms with Crippen molar-refractivity contribution in [1.29, 1.82) is 0 Å². The number of hydrogen-bond donors (Lipinski definition) is 2. The minimum atomic E-state index is 0.0509. The van der Waals surface area contributed by atoms with Crippen LogP contribution in [0.5, 0.6) is 0 Å². The molecule has 0 spiro atoms. The zero-order chi connectivity index (χ0) is 13.7. The molecular weight excluding hydrogens is 236 g/mol. The van der Waals surface area contributed by atoms with E-state index in [1.807, 2.05) is 12.1 Å². The molecule has 2 N–H and O–H groups in total. The van der Waals surface area contributed by atoms with E-state index in [4.69, 9.17) is 0 Å². The van der Waals surface area contributed by atoms with Gasteiger partial charge >= 0.3 is 0 Å². The fourth-order valence-corrected chi connectivity index (χ4v) is 2.51. The maximum atomic E-state index is 12.2. The number of carbonyl (C=O) groups excluding carboxylic acids is 1. The van der Waals surface area contributed by atoms with Crippen LogP contribution in [0, 0.1) is 5.92 Å². The highest BCUT2D eigenvalue weighted by molar-refractivity contribution is 6.00. The molecule has 3 heteroatoms. The van der Waals surface area contributed by atoms with Crippen molar-refractivity contribution in [1.82, 2.24) is 5.32 Å². The van der Waals surface area contributed by atoms with Crippen molar-refractivity contribution in [3.63, 3.8) is 0 Å². The fraction of sp³-hybridized carbons (Fsp3) is 0.562. The smallest absolute Gasteiger partial charge is 0.253 e. The summed E-state index contributed by atoms with van der Waals surface area (Å²) in [5.41, 5.74) is 3.10. The van der Waals surface area contributed by atoms with E-state index in [9.17, 15) is 4.79 Å². The molecule has 0 bridgehead atoms. The number of rotatable bonds is 5. The van der Waals surface area contributed by atoms with Crippen molar-refractivity contribution >= 4 is 11.6 Å². The van der Waals surface area contributed by atoms with Crippen LogP contribution in [0.3, 0.4) is 0 Å². The van der Waals surface area contributed by atoms with E-state index >= 15 is 0 Å². The van der Waals surface area contributed by atoms with Gasteiger partial charge in [0.2, 0.25) is 0 Å². The molecule has 0 saturated carbocycles. The molecule has 19 heavy (non-hydrogen) atoms. The summed E-state index contributed by atoms with van der Waals surface area (Å²) < 4.78 is 0. The van der Waals surface area contributed by atoms with Crippen LogP contribution in [-0.4, -0.2) is 19.0 Å². The molecule has 1 aliphatic heterocycles. The van der Waals surface area contributed by atoms with E-state index in [2.05, 4.69) is 30.5 Å². The third kappa shape index (κ3) is 3.72. The van der Waals surface area contributed by atoms with Crippen LogP contribution in [0.25, 0.3) is 0 Å². The van der Waals surface area contributed by atoms with Crippen LogP contribution in [0.2, 0.25) is 0 Å². The summed E-state index contributed by atoms with van der Waals surface area (Å²) in [7, 11) is 0. The minimum Gasteiger partial charge on any atom is -0.384 e. The third-order valence-electron chi connectivity index (χ3n) is 3.56. The average molecular weight is 260 g/mol. The van der Waals surface area contributed by atoms with Crippen LogP contribution < -0.4 is 10.6 Å². The number of fused-ring (bicyclic) bond motifs is 1. The van der Waals surface area contributed by atoms with E-state index in [1.54, 1.807) is 0 Å². The Balaban J connectivity index is 1.95. The van der Waals surface area contributed by atoms with Gasteiger partial charge in [0.05, 0.1) is 11.3 Å². The van der Waals surface area contributed by atoms with Gasteiger partial charge < -0.3 is 10.6 Å². The van der Waals surface area contributed by atoms with Gasteiger partial charge in [-0.25, -0.2) is 0 Å². The standard InChI is InChI=1S/C16H24N2O/c1-12(2)6-4-11-18-16(19)14-9-3-7-13-8-5-10-17-15(13)14/h3,7,9,12,17H,4-6,8,10-11H2,1-2H3,(H,18,19). The van der Waals surface area contributed by atoms with Gasteiger partial charge in [0.25, 0.3) is 5.91 Å². The highest BCUT2D eigenvalue weighted by Crippen LogP contribution is 2.25. The normalized spacial score (nSPS) is 13.8. The van der Waals surface area contributed by atoms with Crippen molar-refractivity contribution in [2.45, 2.75) is 39.5 Å². The second-order valence-electron chi connectivity index (χ2n) is 5.66. The summed E-state index contributed by atoms with van der Waals surface area (Å²) >= 11 is 0. The fourth-order valence-electron chi connectivity index (χ4n) is 2.51. The molecule has 104 valence electrons. The molecule has 2 rings (SSSR count). The Hall–Kier alpha value is -1.51. The van der Waals surface area contributed by atoms with Gasteiger partial charge in [0, 0.05) is 13.1 Å². The van der Waals surface area contributed by atoms with Crippen molar-refractivity contribution in [3.05, 3.63) is 29.3 Å². The lowest BCUT2D eigenvalue weighted by atomic mass is 9.99. The summed E-state index contributed by atoms with van der Waals surface area (Å²) in [5.74, 6) is 0.748. The number of nitrogens with one attached hydrogen (secondary N) is 2. The zero-order valence-electron chi connectivity index (χ0n) is 12.0. The highest BCUT2D eigenvalue weighted by Gasteiger charge is 2.16. The number of amides is 1. The lowest BCUT2D eigenvalue weighted by molar-refractivity contribution is 0.0953. The maximum absolute atomic E-state index is 12.2. The van der Waals surface area contributed by atoms with Gasteiger partial charge in [-0.15, -0.1) is 0 Å². The average Bonchev–Trinajstić information content (AvgIpc) is 2.42. The Morgan fingerprint density at radius 2 is 2.26 bits per heavy atom. The minimum absolute atomic E-state index is 0.0509. The second-order valence-corrected chi connectivity index (χ2v) is 5.66. The van der Waals surface area contributed by atoms with Crippen molar-refractivity contribution < 1.29 is 4.79 Å². The molecule has 0 aromatic heterocycles. The van der Waals surface area contributed by atoms with Gasteiger partial charge in [0.1, 0.15) is 0 Å². The summed E-state index contributed by atoms with van der Waals surface area (Å²) in [5, 5.41) is 6.39. The molecule has 0 aliphatic carbocycles. The van der Waals surface area contributed by atoms with Crippen LogP contribution in [-0.2, 0) is 6.42 Å². The van der Waals surface area contributed by atoms with Crippen molar-refractivity contribution in [2.24, 2.45) is 5.92 Å². The number of hydrogen-bond acceptors (Lipinski definition) is 2. The summed E-state index contributed by atoms with van der Waals surface area (Å²) in [6, 6.07) is 6.00. The SMILES string of the molecule is CC(C)CCCNC(=O)c1cccc2c1NCCC2. The number of benzene rings is 1. The molecule has 0 radical (unpaired) electrons. The number of aryl methyl sites for hydroxylation is 1. The summed E-state index contributed by atoms with van der Waals surface area (Å²) in [6.07, 6.45) is 4.42. The van der Waals surface area contributed by atoms with Crippen molar-refractivity contribution in [2.75, 3.05) is 18.4 Å². The molecule has 0 fully saturated rings. The Labute approximate surface area is 115 Å². The van der Waals surface area contributed by atoms with Crippen LogP contribution >= 0.6 is 0 Å². The third-order valence-corrected chi connectivity index (χ3v) is 3.56. The van der Waals surface area contributed by atoms with E-state index < -0.39 is 0 Å². The molecule has 1 aromatic carbocycles. The van der Waals surface area contributed by atoms with Gasteiger partial charge in [0.15, 0.2) is 0 Å². The number of para-hydroxylation sites is 1. The topological polar surface area (TPSA) is 41.1 Å². The first-order valence-electron chi connectivity index (χ1n) is 7.32. The Morgan fingerprint density at radius 1 is 1.42 bits per heavy atom. The highest BCUT2D eigenvalue weighted by atomic mass is 16.1. The molecule has 1 amide bonds. The van der Waals surface area contributed by atoms with Gasteiger partial charge in [-0.1, -0.05) is 26.0 Å². The van der Waals surface area contributed by atoms with E-state index in [-0.39, 0.29) is 5.91 Å². The molecule has 1 aromatic rings. The molecular formula is C16H24N2O. The predicted molar refractivity (Wildman–Crippen MR) is 79.7 cm³/mol. The van der Waals surface area contributed by atoms with Gasteiger partial charge in [-0.2, -0.15) is 0 Å². The van der Waals surface area contributed by atoms with E-state index in [0.717, 1.165) is 50.0 Å². The number of carbonyl (C=O) groups is 1. The molecule has 0 atom stereocenters. The predicted octanol–water partition coefficient (Wildman–Crippen LogP) is 3.21. The zero-order valence-corrected chi connectivity index (χ0v) is 12.0. The Kier molecular flexibility index (Phi) is 4.83. The first-order valence-corrected chi connectivity index (χ1v) is 7.32. The first-order chi connectivity index (χ1) is 9.18. The molecule has 0 saturated heterocycles. The first kappa shape index (κ1) is 13.9. The Bertz CT molecular complexity index is 440. The van der Waals surface area contributed by atoms with Crippen molar-refractivity contribution in [3.8, 4) is 0 Å². The van der Waals surface area contributed by atoms with E-state index in [1.165, 1.54) is 5.56 Å². The van der Waals surface area contributed by atoms with E-state index in [0.29, 0.717) is 5.92 Å². The van der Waals surface area contributed by atoms with Gasteiger partial charge in [-0.3, -0.25) is 4.79 Å². The number of anilines is 1. The van der Waals surface area contributed by atoms with Crippen LogP contribution in [0.4, 0.5) is 5.69 Å². The molecule has 1 heterocycles. The monoisotopic (exact) mass is 260 g/mol. The molecule has 1 aliphatic rings.